The quantitative estimate of drug-likeness (QED) is 0.479. The number of carbonyl (C=O) groups is 1. The maximum atomic E-state index is 11.7. The summed E-state index contributed by atoms with van der Waals surface area (Å²) in [5, 5.41) is 3.10. The predicted octanol–water partition coefficient (Wildman–Crippen LogP) is 4.60. The number of hydrogen-bond acceptors (Lipinski definition) is 1. The molecule has 1 rings (SSSR count). The second-order valence-corrected chi connectivity index (χ2v) is 6.08. The van der Waals surface area contributed by atoms with Crippen molar-refractivity contribution in [3.05, 3.63) is 12.2 Å². The second-order valence-electron chi connectivity index (χ2n) is 6.08. The zero-order chi connectivity index (χ0) is 13.9. The first-order valence-corrected chi connectivity index (χ1v) is 8.19. The van der Waals surface area contributed by atoms with Crippen LogP contribution in [-0.4, -0.2) is 11.9 Å². The van der Waals surface area contributed by atoms with E-state index in [1.807, 2.05) is 6.08 Å². The molecule has 1 amide bonds. The average molecular weight is 265 g/mol. The minimum Gasteiger partial charge on any atom is -0.350 e. The molecule has 2 nitrogen and oxygen atoms in total. The van der Waals surface area contributed by atoms with Crippen molar-refractivity contribution in [2.75, 3.05) is 0 Å². The minimum atomic E-state index is 0.102. The van der Waals surface area contributed by atoms with E-state index in [1.165, 1.54) is 44.9 Å². The van der Waals surface area contributed by atoms with Crippen molar-refractivity contribution < 1.29 is 4.79 Å². The summed E-state index contributed by atoms with van der Waals surface area (Å²) in [6.07, 6.45) is 16.2. The lowest BCUT2D eigenvalue weighted by Crippen LogP contribution is -2.31. The summed E-state index contributed by atoms with van der Waals surface area (Å²) in [5.41, 5.74) is 0. The number of rotatable bonds is 9. The fourth-order valence-corrected chi connectivity index (χ4v) is 2.82. The number of allylic oxidation sites excluding steroid dienone is 1. The van der Waals surface area contributed by atoms with Gasteiger partial charge in [-0.2, -0.15) is 0 Å². The Hall–Kier alpha value is -0.790. The van der Waals surface area contributed by atoms with Gasteiger partial charge in [0.25, 0.3) is 0 Å². The van der Waals surface area contributed by atoms with Gasteiger partial charge in [-0.1, -0.05) is 52.0 Å². The number of carbonyl (C=O) groups excluding carboxylic acids is 1. The average Bonchev–Trinajstić information content (AvgIpc) is 2.78. The Morgan fingerprint density at radius 1 is 1.16 bits per heavy atom. The first kappa shape index (κ1) is 16.3. The predicted molar refractivity (Wildman–Crippen MR) is 82.1 cm³/mol. The molecule has 1 fully saturated rings. The van der Waals surface area contributed by atoms with Gasteiger partial charge in [-0.15, -0.1) is 0 Å². The van der Waals surface area contributed by atoms with Gasteiger partial charge >= 0.3 is 0 Å². The van der Waals surface area contributed by atoms with Gasteiger partial charge in [0.05, 0.1) is 0 Å². The van der Waals surface area contributed by atoms with Crippen molar-refractivity contribution in [2.45, 2.75) is 84.1 Å². The molecule has 0 aliphatic heterocycles. The minimum absolute atomic E-state index is 0.102. The summed E-state index contributed by atoms with van der Waals surface area (Å²) >= 11 is 0. The normalized spacial score (nSPS) is 23.1. The summed E-state index contributed by atoms with van der Waals surface area (Å²) in [7, 11) is 0. The number of nitrogens with one attached hydrogen (secondary N) is 1. The second kappa shape index (κ2) is 10.1. The highest BCUT2D eigenvalue weighted by Gasteiger charge is 2.21. The van der Waals surface area contributed by atoms with Crippen LogP contribution >= 0.6 is 0 Å². The SMILES string of the molecule is CCCCCCCC/C=C/C(=O)N[C@@H]1CC[C@H](C)C1. The van der Waals surface area contributed by atoms with Gasteiger partial charge in [-0.05, 0) is 44.1 Å². The fraction of sp³-hybridized carbons (Fsp3) is 0.824. The third-order valence-corrected chi connectivity index (χ3v) is 4.03. The molecule has 0 bridgehead atoms. The van der Waals surface area contributed by atoms with Crippen molar-refractivity contribution in [3.8, 4) is 0 Å². The van der Waals surface area contributed by atoms with E-state index in [0.29, 0.717) is 6.04 Å². The van der Waals surface area contributed by atoms with Crippen LogP contribution in [0.1, 0.15) is 78.1 Å². The van der Waals surface area contributed by atoms with Crippen molar-refractivity contribution in [3.63, 3.8) is 0 Å². The van der Waals surface area contributed by atoms with E-state index in [-0.39, 0.29) is 5.91 Å². The monoisotopic (exact) mass is 265 g/mol. The van der Waals surface area contributed by atoms with E-state index in [4.69, 9.17) is 0 Å². The van der Waals surface area contributed by atoms with E-state index < -0.39 is 0 Å². The maximum Gasteiger partial charge on any atom is 0.243 e. The highest BCUT2D eigenvalue weighted by atomic mass is 16.1. The molecule has 19 heavy (non-hydrogen) atoms. The first-order valence-electron chi connectivity index (χ1n) is 8.19. The molecule has 2 heteroatoms. The Morgan fingerprint density at radius 3 is 2.58 bits per heavy atom. The van der Waals surface area contributed by atoms with E-state index >= 15 is 0 Å². The summed E-state index contributed by atoms with van der Waals surface area (Å²) in [4.78, 5) is 11.7. The van der Waals surface area contributed by atoms with Crippen molar-refractivity contribution in [1.29, 1.82) is 0 Å². The third-order valence-electron chi connectivity index (χ3n) is 4.03. The molecular weight excluding hydrogens is 234 g/mol. The van der Waals surface area contributed by atoms with Gasteiger partial charge in [-0.3, -0.25) is 4.79 Å². The van der Waals surface area contributed by atoms with Crippen LogP contribution in [0.2, 0.25) is 0 Å². The Morgan fingerprint density at radius 2 is 1.89 bits per heavy atom. The van der Waals surface area contributed by atoms with Gasteiger partial charge in [0.15, 0.2) is 0 Å². The van der Waals surface area contributed by atoms with Crippen LogP contribution in [0.15, 0.2) is 12.2 Å². The number of unbranched alkanes of at least 4 members (excludes halogenated alkanes) is 6. The van der Waals surface area contributed by atoms with Crippen LogP contribution in [0.3, 0.4) is 0 Å². The Balaban J connectivity index is 1.97. The molecule has 0 spiro atoms. The lowest BCUT2D eigenvalue weighted by molar-refractivity contribution is -0.117. The molecule has 0 aromatic heterocycles. The summed E-state index contributed by atoms with van der Waals surface area (Å²) in [5.74, 6) is 0.877. The van der Waals surface area contributed by atoms with Crippen molar-refractivity contribution >= 4 is 5.91 Å². The molecule has 0 radical (unpaired) electrons. The largest absolute Gasteiger partial charge is 0.350 e. The Labute approximate surface area is 119 Å². The molecule has 1 aliphatic rings. The Kier molecular flexibility index (Phi) is 8.61. The first-order chi connectivity index (χ1) is 9.22. The highest BCUT2D eigenvalue weighted by Crippen LogP contribution is 2.24. The molecule has 2 atom stereocenters. The van der Waals surface area contributed by atoms with Gasteiger partial charge in [0, 0.05) is 6.04 Å². The van der Waals surface area contributed by atoms with Gasteiger partial charge in [0.2, 0.25) is 5.91 Å². The molecule has 0 aromatic rings. The molecule has 1 saturated carbocycles. The van der Waals surface area contributed by atoms with Crippen LogP contribution in [0.25, 0.3) is 0 Å². The molecule has 0 aromatic carbocycles. The topological polar surface area (TPSA) is 29.1 Å². The molecule has 0 unspecified atom stereocenters. The standard InChI is InChI=1S/C17H31NO/c1-3-4-5-6-7-8-9-10-11-17(19)18-16-13-12-15(2)14-16/h10-11,15-16H,3-9,12-14H2,1-2H3,(H,18,19)/b11-10+/t15-,16+/m0/s1. The van der Waals surface area contributed by atoms with Gasteiger partial charge < -0.3 is 5.32 Å². The lowest BCUT2D eigenvalue weighted by atomic mass is 10.1. The summed E-state index contributed by atoms with van der Waals surface area (Å²) < 4.78 is 0. The number of hydrogen-bond donors (Lipinski definition) is 1. The van der Waals surface area contributed by atoms with E-state index in [9.17, 15) is 4.79 Å². The zero-order valence-corrected chi connectivity index (χ0v) is 12.8. The summed E-state index contributed by atoms with van der Waals surface area (Å²) in [6, 6.07) is 0.418. The highest BCUT2D eigenvalue weighted by molar-refractivity contribution is 5.87. The Bertz CT molecular complexity index is 272. The van der Waals surface area contributed by atoms with Crippen molar-refractivity contribution in [2.24, 2.45) is 5.92 Å². The molecule has 0 heterocycles. The third kappa shape index (κ3) is 8.07. The molecular formula is C17H31NO. The number of amides is 1. The van der Waals surface area contributed by atoms with E-state index in [2.05, 4.69) is 19.2 Å². The lowest BCUT2D eigenvalue weighted by Gasteiger charge is -2.09. The van der Waals surface area contributed by atoms with E-state index in [1.54, 1.807) is 6.08 Å². The zero-order valence-electron chi connectivity index (χ0n) is 12.8. The van der Waals surface area contributed by atoms with Gasteiger partial charge in [0.1, 0.15) is 0 Å². The van der Waals surface area contributed by atoms with Crippen molar-refractivity contribution in [1.82, 2.24) is 5.32 Å². The molecule has 1 N–H and O–H groups in total. The molecule has 110 valence electrons. The van der Waals surface area contributed by atoms with Crippen LogP contribution in [0.5, 0.6) is 0 Å². The summed E-state index contributed by atoms with van der Waals surface area (Å²) in [6.45, 7) is 4.51. The fourth-order valence-electron chi connectivity index (χ4n) is 2.82. The van der Waals surface area contributed by atoms with Crippen LogP contribution in [0, 0.1) is 5.92 Å². The van der Waals surface area contributed by atoms with Crippen LogP contribution < -0.4 is 5.32 Å². The maximum absolute atomic E-state index is 11.7. The molecule has 1 aliphatic carbocycles. The smallest absolute Gasteiger partial charge is 0.243 e. The van der Waals surface area contributed by atoms with Gasteiger partial charge in [-0.25, -0.2) is 0 Å². The van der Waals surface area contributed by atoms with E-state index in [0.717, 1.165) is 25.2 Å². The van der Waals surface area contributed by atoms with Crippen LogP contribution in [0.4, 0.5) is 0 Å². The molecule has 0 saturated heterocycles. The van der Waals surface area contributed by atoms with Crippen LogP contribution in [-0.2, 0) is 4.79 Å².